The molecule has 0 spiro atoms. The van der Waals surface area contributed by atoms with Crippen LogP contribution >= 0.6 is 0 Å². The number of hydrogen-bond acceptors (Lipinski definition) is 3. The summed E-state index contributed by atoms with van der Waals surface area (Å²) in [5, 5.41) is 2.89. The highest BCUT2D eigenvalue weighted by Gasteiger charge is 2.13. The number of carbonyl (C=O) groups is 1. The van der Waals surface area contributed by atoms with Crippen LogP contribution in [0, 0.1) is 13.8 Å². The molecule has 0 radical (unpaired) electrons. The van der Waals surface area contributed by atoms with Crippen molar-refractivity contribution in [3.05, 3.63) is 53.6 Å². The van der Waals surface area contributed by atoms with Crippen LogP contribution in [0.1, 0.15) is 18.1 Å². The third-order valence-corrected chi connectivity index (χ3v) is 3.83. The first-order valence-corrected chi connectivity index (χ1v) is 8.44. The van der Waals surface area contributed by atoms with Gasteiger partial charge in [-0.2, -0.15) is 0 Å². The third kappa shape index (κ3) is 5.14. The molecular weight excluding hydrogens is 316 g/mol. The average Bonchev–Trinajstić information content (AvgIpc) is 2.60. The molecule has 0 fully saturated rings. The number of amides is 2. The SMILES string of the molecule is CCN(C(=O)NCCOc1ccc(C)cc1OC)c1cccc(C)c1. The number of urea groups is 1. The highest BCUT2D eigenvalue weighted by molar-refractivity contribution is 5.91. The van der Waals surface area contributed by atoms with E-state index in [0.717, 1.165) is 16.8 Å². The second-order valence-electron chi connectivity index (χ2n) is 5.82. The molecule has 2 amide bonds. The van der Waals surface area contributed by atoms with Crippen LogP contribution in [0.4, 0.5) is 10.5 Å². The van der Waals surface area contributed by atoms with Crippen molar-refractivity contribution in [2.45, 2.75) is 20.8 Å². The zero-order valence-electron chi connectivity index (χ0n) is 15.3. The number of nitrogens with zero attached hydrogens (tertiary/aromatic N) is 1. The van der Waals surface area contributed by atoms with E-state index in [9.17, 15) is 4.79 Å². The van der Waals surface area contributed by atoms with Gasteiger partial charge < -0.3 is 14.8 Å². The fourth-order valence-corrected chi connectivity index (χ4v) is 2.55. The molecule has 1 N–H and O–H groups in total. The Hall–Kier alpha value is -2.69. The van der Waals surface area contributed by atoms with E-state index in [1.165, 1.54) is 0 Å². The summed E-state index contributed by atoms with van der Waals surface area (Å²) in [7, 11) is 1.62. The number of nitrogens with one attached hydrogen (secondary N) is 1. The average molecular weight is 342 g/mol. The number of rotatable bonds is 7. The van der Waals surface area contributed by atoms with Crippen LogP contribution in [0.25, 0.3) is 0 Å². The van der Waals surface area contributed by atoms with Crippen molar-refractivity contribution in [1.29, 1.82) is 0 Å². The van der Waals surface area contributed by atoms with Gasteiger partial charge in [0.15, 0.2) is 11.5 Å². The molecule has 0 unspecified atom stereocenters. The standard InChI is InChI=1S/C20H26N2O3/c1-5-22(17-8-6-7-15(2)13-17)20(23)21-11-12-25-18-10-9-16(3)14-19(18)24-4/h6-10,13-14H,5,11-12H2,1-4H3,(H,21,23). The van der Waals surface area contributed by atoms with Gasteiger partial charge in [0.05, 0.1) is 13.7 Å². The molecule has 0 aromatic heterocycles. The van der Waals surface area contributed by atoms with Gasteiger partial charge >= 0.3 is 6.03 Å². The van der Waals surface area contributed by atoms with E-state index in [-0.39, 0.29) is 6.03 Å². The number of ether oxygens (including phenoxy) is 2. The number of methoxy groups -OCH3 is 1. The molecule has 0 bridgehead atoms. The van der Waals surface area contributed by atoms with Gasteiger partial charge in [-0.15, -0.1) is 0 Å². The second kappa shape index (κ2) is 8.97. The van der Waals surface area contributed by atoms with Crippen molar-refractivity contribution >= 4 is 11.7 Å². The molecule has 0 atom stereocenters. The van der Waals surface area contributed by atoms with Gasteiger partial charge in [0.2, 0.25) is 0 Å². The summed E-state index contributed by atoms with van der Waals surface area (Å²) >= 11 is 0. The molecule has 0 saturated carbocycles. The Labute approximate surface area is 149 Å². The number of aryl methyl sites for hydroxylation is 2. The normalized spacial score (nSPS) is 10.2. The minimum absolute atomic E-state index is 0.132. The van der Waals surface area contributed by atoms with Crippen molar-refractivity contribution in [3.8, 4) is 11.5 Å². The Balaban J connectivity index is 1.87. The van der Waals surface area contributed by atoms with E-state index in [4.69, 9.17) is 9.47 Å². The lowest BCUT2D eigenvalue weighted by Gasteiger charge is -2.22. The quantitative estimate of drug-likeness (QED) is 0.776. The molecule has 25 heavy (non-hydrogen) atoms. The van der Waals surface area contributed by atoms with Crippen LogP contribution in [-0.4, -0.2) is 32.8 Å². The molecule has 0 aliphatic carbocycles. The van der Waals surface area contributed by atoms with Gasteiger partial charge in [-0.05, 0) is 56.2 Å². The molecule has 0 saturated heterocycles. The minimum Gasteiger partial charge on any atom is -0.493 e. The van der Waals surface area contributed by atoms with Crippen LogP contribution in [0.3, 0.4) is 0 Å². The van der Waals surface area contributed by atoms with E-state index in [2.05, 4.69) is 5.32 Å². The Kier molecular flexibility index (Phi) is 6.69. The fourth-order valence-electron chi connectivity index (χ4n) is 2.55. The lowest BCUT2D eigenvalue weighted by molar-refractivity contribution is 0.241. The highest BCUT2D eigenvalue weighted by atomic mass is 16.5. The molecule has 2 aromatic carbocycles. The maximum atomic E-state index is 12.4. The van der Waals surface area contributed by atoms with Crippen molar-refractivity contribution in [3.63, 3.8) is 0 Å². The summed E-state index contributed by atoms with van der Waals surface area (Å²) in [6, 6.07) is 13.5. The third-order valence-electron chi connectivity index (χ3n) is 3.83. The highest BCUT2D eigenvalue weighted by Crippen LogP contribution is 2.27. The van der Waals surface area contributed by atoms with Crippen LogP contribution < -0.4 is 19.7 Å². The predicted molar refractivity (Wildman–Crippen MR) is 101 cm³/mol. The molecule has 5 nitrogen and oxygen atoms in total. The molecule has 0 aliphatic heterocycles. The first-order chi connectivity index (χ1) is 12.0. The van der Waals surface area contributed by atoms with Gasteiger partial charge in [0.1, 0.15) is 6.61 Å². The van der Waals surface area contributed by atoms with Gasteiger partial charge in [0, 0.05) is 12.2 Å². The van der Waals surface area contributed by atoms with E-state index in [0.29, 0.717) is 31.2 Å². The van der Waals surface area contributed by atoms with Gasteiger partial charge in [-0.1, -0.05) is 18.2 Å². The molecule has 5 heteroatoms. The molecule has 2 rings (SSSR count). The van der Waals surface area contributed by atoms with Crippen LogP contribution in [-0.2, 0) is 0 Å². The van der Waals surface area contributed by atoms with Crippen molar-refractivity contribution in [2.24, 2.45) is 0 Å². The minimum atomic E-state index is -0.132. The van der Waals surface area contributed by atoms with Gasteiger partial charge in [0.25, 0.3) is 0 Å². The lowest BCUT2D eigenvalue weighted by Crippen LogP contribution is -2.41. The lowest BCUT2D eigenvalue weighted by atomic mass is 10.2. The largest absolute Gasteiger partial charge is 0.493 e. The van der Waals surface area contributed by atoms with Crippen LogP contribution in [0.5, 0.6) is 11.5 Å². The number of benzene rings is 2. The maximum absolute atomic E-state index is 12.4. The molecule has 134 valence electrons. The number of anilines is 1. The van der Waals surface area contributed by atoms with Crippen molar-refractivity contribution < 1.29 is 14.3 Å². The van der Waals surface area contributed by atoms with E-state index in [1.807, 2.05) is 63.2 Å². The second-order valence-corrected chi connectivity index (χ2v) is 5.82. The first kappa shape index (κ1) is 18.6. The van der Waals surface area contributed by atoms with Crippen molar-refractivity contribution in [2.75, 3.05) is 31.7 Å². The monoisotopic (exact) mass is 342 g/mol. The molecule has 2 aromatic rings. The van der Waals surface area contributed by atoms with Crippen LogP contribution in [0.2, 0.25) is 0 Å². The summed E-state index contributed by atoms with van der Waals surface area (Å²) in [5.41, 5.74) is 3.12. The molecule has 0 aliphatic rings. The Morgan fingerprint density at radius 3 is 2.52 bits per heavy atom. The Morgan fingerprint density at radius 2 is 1.84 bits per heavy atom. The zero-order chi connectivity index (χ0) is 18.2. The van der Waals surface area contributed by atoms with E-state index >= 15 is 0 Å². The van der Waals surface area contributed by atoms with Crippen molar-refractivity contribution in [1.82, 2.24) is 5.32 Å². The summed E-state index contributed by atoms with van der Waals surface area (Å²) in [6.45, 7) is 7.35. The fraction of sp³-hybridized carbons (Fsp3) is 0.350. The smallest absolute Gasteiger partial charge is 0.321 e. The molecular formula is C20H26N2O3. The zero-order valence-corrected chi connectivity index (χ0v) is 15.3. The Morgan fingerprint density at radius 1 is 1.08 bits per heavy atom. The summed E-state index contributed by atoms with van der Waals surface area (Å²) in [5.74, 6) is 1.37. The predicted octanol–water partition coefficient (Wildman–Crippen LogP) is 3.93. The molecule has 0 heterocycles. The van der Waals surface area contributed by atoms with E-state index in [1.54, 1.807) is 12.0 Å². The maximum Gasteiger partial charge on any atom is 0.321 e. The first-order valence-electron chi connectivity index (χ1n) is 8.44. The summed E-state index contributed by atoms with van der Waals surface area (Å²) in [6.07, 6.45) is 0. The summed E-state index contributed by atoms with van der Waals surface area (Å²) in [4.78, 5) is 14.1. The van der Waals surface area contributed by atoms with Crippen LogP contribution in [0.15, 0.2) is 42.5 Å². The topological polar surface area (TPSA) is 50.8 Å². The summed E-state index contributed by atoms with van der Waals surface area (Å²) < 4.78 is 11.0. The van der Waals surface area contributed by atoms with E-state index < -0.39 is 0 Å². The van der Waals surface area contributed by atoms with Gasteiger partial charge in [-0.3, -0.25) is 4.90 Å². The number of carbonyl (C=O) groups excluding carboxylic acids is 1. The Bertz CT molecular complexity index is 716. The number of hydrogen-bond donors (Lipinski definition) is 1. The van der Waals surface area contributed by atoms with Gasteiger partial charge in [-0.25, -0.2) is 4.79 Å².